The van der Waals surface area contributed by atoms with Gasteiger partial charge >= 0.3 is 0 Å². The fraction of sp³-hybridized carbons (Fsp3) is 0.462. The van der Waals surface area contributed by atoms with Crippen LogP contribution in [0.5, 0.6) is 0 Å². The van der Waals surface area contributed by atoms with Crippen LogP contribution in [-0.4, -0.2) is 48.9 Å². The van der Waals surface area contributed by atoms with Crippen LogP contribution < -0.4 is 20.8 Å². The Morgan fingerprint density at radius 3 is 0.906 bits per heavy atom. The summed E-state index contributed by atoms with van der Waals surface area (Å²) in [6.07, 6.45) is 8.11. The molecular formula is C26H40O4P2. The third kappa shape index (κ3) is 9.00. The summed E-state index contributed by atoms with van der Waals surface area (Å²) < 4.78 is 0. The van der Waals surface area contributed by atoms with Crippen LogP contribution >= 0.6 is 14.5 Å². The van der Waals surface area contributed by atoms with Crippen LogP contribution in [-0.2, 0) is 9.59 Å². The molecule has 0 aliphatic rings. The van der Waals surface area contributed by atoms with E-state index < -0.39 is 26.5 Å². The molecule has 0 amide bonds. The Labute approximate surface area is 196 Å². The number of carbonyl (C=O) groups excluding carboxylic acids is 2. The second-order valence-corrected chi connectivity index (χ2v) is 16.8. The highest BCUT2D eigenvalue weighted by molar-refractivity contribution is 7.83. The maximum atomic E-state index is 8.93. The van der Waals surface area contributed by atoms with E-state index in [4.69, 9.17) is 19.8 Å². The summed E-state index contributed by atoms with van der Waals surface area (Å²) in [6.45, 7) is 14.0. The van der Waals surface area contributed by atoms with E-state index in [1.54, 1.807) is 10.6 Å². The van der Waals surface area contributed by atoms with Crippen molar-refractivity contribution in [2.45, 2.75) is 41.5 Å². The lowest BCUT2D eigenvalue weighted by molar-refractivity contribution is -0.345. The Kier molecular flexibility index (Phi) is 15.1. The van der Waals surface area contributed by atoms with Gasteiger partial charge in [-0.1, -0.05) is 36.4 Å². The predicted molar refractivity (Wildman–Crippen MR) is 139 cm³/mol. The molecule has 0 spiro atoms. The molecule has 0 unspecified atom stereocenters. The van der Waals surface area contributed by atoms with E-state index in [-0.39, 0.29) is 0 Å². The molecule has 0 aliphatic heterocycles. The van der Waals surface area contributed by atoms with Crippen molar-refractivity contribution in [2.24, 2.45) is 0 Å². The number of benzene rings is 2. The van der Waals surface area contributed by atoms with E-state index >= 15 is 0 Å². The minimum Gasteiger partial charge on any atom is -0.543 e. The molecule has 4 nitrogen and oxygen atoms in total. The third-order valence-electron chi connectivity index (χ3n) is 6.41. The minimum absolute atomic E-state index is 0.791. The monoisotopic (exact) mass is 478 g/mol. The Balaban J connectivity index is 0.000000484. The summed E-state index contributed by atoms with van der Waals surface area (Å²) >= 11 is 0. The number of aliphatic carboxylic acids is 2. The molecule has 2 aromatic rings. The van der Waals surface area contributed by atoms with E-state index in [9.17, 15) is 0 Å². The van der Waals surface area contributed by atoms with Gasteiger partial charge in [-0.05, 0) is 65.8 Å². The summed E-state index contributed by atoms with van der Waals surface area (Å²) in [5.41, 5.74) is 0. The fourth-order valence-corrected chi connectivity index (χ4v) is 10.4. The molecule has 2 rings (SSSR count). The van der Waals surface area contributed by atoms with Crippen LogP contribution in [0.25, 0.3) is 0 Å². The molecule has 0 aliphatic carbocycles. The van der Waals surface area contributed by atoms with Crippen molar-refractivity contribution in [1.29, 1.82) is 0 Å². The average molecular weight is 479 g/mol. The van der Waals surface area contributed by atoms with Crippen molar-refractivity contribution >= 4 is 37.1 Å². The Hall–Kier alpha value is -1.76. The maximum absolute atomic E-state index is 8.93. The Bertz CT molecular complexity index is 687. The van der Waals surface area contributed by atoms with Gasteiger partial charge in [0.2, 0.25) is 0 Å². The molecule has 0 aromatic heterocycles. The highest BCUT2D eigenvalue weighted by atomic mass is 31.2. The number of hydrogen-bond donors (Lipinski definition) is 0. The Morgan fingerprint density at radius 1 is 0.531 bits per heavy atom. The van der Waals surface area contributed by atoms with Gasteiger partial charge in [0, 0.05) is 14.5 Å². The first kappa shape index (κ1) is 30.2. The topological polar surface area (TPSA) is 80.3 Å². The second kappa shape index (κ2) is 15.9. The van der Waals surface area contributed by atoms with E-state index in [0.29, 0.717) is 0 Å². The van der Waals surface area contributed by atoms with Crippen molar-refractivity contribution < 1.29 is 19.8 Å². The standard InChI is InChI=1S/2C12H20P.C2H2O4/c2*1-4-13(5-2,6-3)12-10-8-7-9-11-12;3-1(4)2(5)6/h2*7-11H,4-6H2,1-3H3;(H,3,4)(H,5,6)/q2*+1;/p-2. The summed E-state index contributed by atoms with van der Waals surface area (Å²) in [7, 11) is -1.58. The zero-order valence-electron chi connectivity index (χ0n) is 20.5. The fourth-order valence-electron chi connectivity index (χ4n) is 3.93. The molecule has 2 aromatic carbocycles. The van der Waals surface area contributed by atoms with Crippen LogP contribution in [0, 0.1) is 0 Å². The zero-order valence-corrected chi connectivity index (χ0v) is 22.3. The molecule has 0 atom stereocenters. The lowest BCUT2D eigenvalue weighted by Crippen LogP contribution is -2.42. The lowest BCUT2D eigenvalue weighted by Gasteiger charge is -2.23. The first-order valence-corrected chi connectivity index (χ1v) is 16.2. The van der Waals surface area contributed by atoms with E-state index in [1.165, 1.54) is 37.0 Å². The molecule has 0 radical (unpaired) electrons. The van der Waals surface area contributed by atoms with Crippen LogP contribution in [0.2, 0.25) is 0 Å². The van der Waals surface area contributed by atoms with Gasteiger partial charge in [-0.3, -0.25) is 0 Å². The van der Waals surface area contributed by atoms with Crippen LogP contribution in [0.3, 0.4) is 0 Å². The smallest absolute Gasteiger partial charge is 0.0939 e. The van der Waals surface area contributed by atoms with Crippen LogP contribution in [0.4, 0.5) is 0 Å². The maximum Gasteiger partial charge on any atom is 0.0939 e. The van der Waals surface area contributed by atoms with Crippen molar-refractivity contribution in [3.63, 3.8) is 0 Å². The van der Waals surface area contributed by atoms with Crippen molar-refractivity contribution in [1.82, 2.24) is 0 Å². The van der Waals surface area contributed by atoms with Gasteiger partial charge in [-0.25, -0.2) is 0 Å². The summed E-state index contributed by atoms with van der Waals surface area (Å²) in [5, 5.41) is 21.1. The van der Waals surface area contributed by atoms with Crippen molar-refractivity contribution in [2.75, 3.05) is 37.0 Å². The van der Waals surface area contributed by atoms with Gasteiger partial charge in [-0.15, -0.1) is 0 Å². The summed E-state index contributed by atoms with van der Waals surface area (Å²) in [6, 6.07) is 22.1. The highest BCUT2D eigenvalue weighted by Crippen LogP contribution is 2.56. The van der Waals surface area contributed by atoms with Crippen LogP contribution in [0.1, 0.15) is 41.5 Å². The molecule has 32 heavy (non-hydrogen) atoms. The quantitative estimate of drug-likeness (QED) is 0.431. The normalized spacial score (nSPS) is 10.8. The van der Waals surface area contributed by atoms with Gasteiger partial charge in [0.15, 0.2) is 0 Å². The molecule has 0 fully saturated rings. The molecule has 0 bridgehead atoms. The number of carboxylic acid groups (broad SMARTS) is 2. The van der Waals surface area contributed by atoms with Crippen molar-refractivity contribution in [3.05, 3.63) is 60.7 Å². The molecule has 0 heterocycles. The van der Waals surface area contributed by atoms with E-state index in [2.05, 4.69) is 102 Å². The van der Waals surface area contributed by atoms with Gasteiger partial charge in [0.05, 0.1) is 59.5 Å². The molecular weight excluding hydrogens is 438 g/mol. The van der Waals surface area contributed by atoms with E-state index in [1.807, 2.05) is 0 Å². The van der Waals surface area contributed by atoms with Crippen LogP contribution in [0.15, 0.2) is 60.7 Å². The number of carbonyl (C=O) groups is 2. The first-order valence-electron chi connectivity index (χ1n) is 11.5. The zero-order chi connectivity index (χ0) is 24.6. The van der Waals surface area contributed by atoms with Gasteiger partial charge in [-0.2, -0.15) is 0 Å². The summed E-state index contributed by atoms with van der Waals surface area (Å²) in [4.78, 5) is 17.9. The SMILES string of the molecule is CC[P+](CC)(CC)c1ccccc1.CC[P+](CC)(CC)c1ccccc1.O=C([O-])C(=O)[O-]. The molecule has 6 heteroatoms. The predicted octanol–water partition coefficient (Wildman–Crippen LogP) is 3.26. The average Bonchev–Trinajstić information content (AvgIpc) is 2.84. The van der Waals surface area contributed by atoms with Gasteiger partial charge in [0.25, 0.3) is 0 Å². The molecule has 178 valence electrons. The van der Waals surface area contributed by atoms with Gasteiger partial charge in [0.1, 0.15) is 0 Å². The number of carboxylic acids is 2. The molecule has 0 saturated heterocycles. The molecule has 0 saturated carbocycles. The first-order chi connectivity index (χ1) is 15.2. The minimum atomic E-state index is -2.19. The van der Waals surface area contributed by atoms with E-state index in [0.717, 1.165) is 0 Å². The molecule has 0 N–H and O–H groups in total. The van der Waals surface area contributed by atoms with Gasteiger partial charge < -0.3 is 19.8 Å². The summed E-state index contributed by atoms with van der Waals surface area (Å²) in [5.74, 6) is -4.37. The third-order valence-corrected chi connectivity index (χ3v) is 16.5. The number of rotatable bonds is 8. The van der Waals surface area contributed by atoms with Crippen molar-refractivity contribution in [3.8, 4) is 0 Å². The highest BCUT2D eigenvalue weighted by Gasteiger charge is 2.34. The largest absolute Gasteiger partial charge is 0.543 e. The Morgan fingerprint density at radius 2 is 0.750 bits per heavy atom. The number of hydrogen-bond acceptors (Lipinski definition) is 4. The lowest BCUT2D eigenvalue weighted by atomic mass is 10.4. The second-order valence-electron chi connectivity index (χ2n) is 7.43.